The lowest BCUT2D eigenvalue weighted by molar-refractivity contribution is -0.133. The molecule has 5 nitrogen and oxygen atoms in total. The topological polar surface area (TPSA) is 52.7 Å². The maximum absolute atomic E-state index is 12.5. The van der Waals surface area contributed by atoms with Crippen LogP contribution < -0.4 is 5.32 Å². The summed E-state index contributed by atoms with van der Waals surface area (Å²) in [6.45, 7) is 4.60. The SMILES string of the molecule is O=C(NCc1ccccc1)C1CCN(CC(=O)N2CCCCCC2)CC1. The van der Waals surface area contributed by atoms with Crippen LogP contribution in [0.2, 0.25) is 0 Å². The van der Waals surface area contributed by atoms with Gasteiger partial charge in [-0.25, -0.2) is 0 Å². The monoisotopic (exact) mass is 357 g/mol. The molecule has 0 aromatic heterocycles. The molecule has 2 amide bonds. The summed E-state index contributed by atoms with van der Waals surface area (Å²) in [5, 5.41) is 3.05. The summed E-state index contributed by atoms with van der Waals surface area (Å²) in [6.07, 6.45) is 6.44. The van der Waals surface area contributed by atoms with Crippen LogP contribution >= 0.6 is 0 Å². The van der Waals surface area contributed by atoms with Gasteiger partial charge in [-0.2, -0.15) is 0 Å². The summed E-state index contributed by atoms with van der Waals surface area (Å²) in [5.41, 5.74) is 1.13. The van der Waals surface area contributed by atoms with Gasteiger partial charge >= 0.3 is 0 Å². The Labute approximate surface area is 156 Å². The van der Waals surface area contributed by atoms with Crippen molar-refractivity contribution in [2.75, 3.05) is 32.7 Å². The van der Waals surface area contributed by atoms with Gasteiger partial charge in [-0.15, -0.1) is 0 Å². The van der Waals surface area contributed by atoms with E-state index < -0.39 is 0 Å². The third-order valence-electron chi connectivity index (χ3n) is 5.59. The second-order valence-corrected chi connectivity index (χ2v) is 7.55. The van der Waals surface area contributed by atoms with E-state index in [1.807, 2.05) is 35.2 Å². The number of amides is 2. The van der Waals surface area contributed by atoms with E-state index in [0.29, 0.717) is 13.1 Å². The maximum Gasteiger partial charge on any atom is 0.236 e. The van der Waals surface area contributed by atoms with Crippen molar-refractivity contribution < 1.29 is 9.59 Å². The summed E-state index contributed by atoms with van der Waals surface area (Å²) in [5.74, 6) is 0.481. The lowest BCUT2D eigenvalue weighted by Gasteiger charge is -2.32. The zero-order valence-electron chi connectivity index (χ0n) is 15.7. The minimum Gasteiger partial charge on any atom is -0.352 e. The van der Waals surface area contributed by atoms with Crippen molar-refractivity contribution in [2.24, 2.45) is 5.92 Å². The fourth-order valence-electron chi connectivity index (χ4n) is 3.89. The van der Waals surface area contributed by atoms with Crippen molar-refractivity contribution in [1.29, 1.82) is 0 Å². The van der Waals surface area contributed by atoms with Crippen molar-refractivity contribution in [2.45, 2.75) is 45.1 Å². The lowest BCUT2D eigenvalue weighted by atomic mass is 9.96. The van der Waals surface area contributed by atoms with Gasteiger partial charge in [0.05, 0.1) is 6.54 Å². The van der Waals surface area contributed by atoms with Gasteiger partial charge in [-0.05, 0) is 44.3 Å². The standard InChI is InChI=1S/C21H31N3O2/c25-20(24-12-6-1-2-7-13-24)17-23-14-10-19(11-15-23)21(26)22-16-18-8-4-3-5-9-18/h3-5,8-9,19H,1-2,6-7,10-17H2,(H,22,26). The highest BCUT2D eigenvalue weighted by Gasteiger charge is 2.27. The number of hydrogen-bond acceptors (Lipinski definition) is 3. The number of hydrogen-bond donors (Lipinski definition) is 1. The molecule has 1 aromatic rings. The number of nitrogens with one attached hydrogen (secondary N) is 1. The van der Waals surface area contributed by atoms with Crippen LogP contribution in [-0.4, -0.2) is 54.3 Å². The smallest absolute Gasteiger partial charge is 0.236 e. The van der Waals surface area contributed by atoms with Crippen LogP contribution in [0.5, 0.6) is 0 Å². The quantitative estimate of drug-likeness (QED) is 0.880. The number of benzene rings is 1. The number of carbonyl (C=O) groups is 2. The van der Waals surface area contributed by atoms with E-state index in [1.54, 1.807) is 0 Å². The molecule has 2 aliphatic heterocycles. The highest BCUT2D eigenvalue weighted by Crippen LogP contribution is 2.18. The Kier molecular flexibility index (Phi) is 7.06. The first-order chi connectivity index (χ1) is 12.7. The highest BCUT2D eigenvalue weighted by atomic mass is 16.2. The lowest BCUT2D eigenvalue weighted by Crippen LogP contribution is -2.45. The molecule has 5 heteroatoms. The van der Waals surface area contributed by atoms with Gasteiger partial charge < -0.3 is 10.2 Å². The number of likely N-dealkylation sites (tertiary alicyclic amines) is 2. The predicted octanol–water partition coefficient (Wildman–Crippen LogP) is 2.42. The van der Waals surface area contributed by atoms with Crippen molar-refractivity contribution >= 4 is 11.8 Å². The third kappa shape index (κ3) is 5.56. The minimum atomic E-state index is 0.0725. The molecule has 2 aliphatic rings. The molecule has 0 spiro atoms. The number of carbonyl (C=O) groups excluding carboxylic acids is 2. The Hall–Kier alpha value is -1.88. The molecule has 2 heterocycles. The fraction of sp³-hybridized carbons (Fsp3) is 0.619. The molecular formula is C21H31N3O2. The summed E-state index contributed by atoms with van der Waals surface area (Å²) < 4.78 is 0. The van der Waals surface area contributed by atoms with Crippen LogP contribution in [0.15, 0.2) is 30.3 Å². The van der Waals surface area contributed by atoms with E-state index in [0.717, 1.165) is 57.4 Å². The normalized spacial score (nSPS) is 19.8. The summed E-state index contributed by atoms with van der Waals surface area (Å²) in [7, 11) is 0. The molecule has 0 unspecified atom stereocenters. The van der Waals surface area contributed by atoms with E-state index >= 15 is 0 Å². The fourth-order valence-corrected chi connectivity index (χ4v) is 3.89. The summed E-state index contributed by atoms with van der Waals surface area (Å²) in [4.78, 5) is 29.1. The predicted molar refractivity (Wildman–Crippen MR) is 103 cm³/mol. The van der Waals surface area contributed by atoms with Crippen LogP contribution in [0.25, 0.3) is 0 Å². The first kappa shape index (κ1) is 18.9. The molecule has 0 aliphatic carbocycles. The molecule has 2 fully saturated rings. The Morgan fingerprint density at radius 1 is 0.923 bits per heavy atom. The number of nitrogens with zero attached hydrogens (tertiary/aromatic N) is 2. The molecule has 26 heavy (non-hydrogen) atoms. The molecule has 0 radical (unpaired) electrons. The second-order valence-electron chi connectivity index (χ2n) is 7.55. The summed E-state index contributed by atoms with van der Waals surface area (Å²) in [6, 6.07) is 10.0. The average Bonchev–Trinajstić information content (AvgIpc) is 2.97. The first-order valence-corrected chi connectivity index (χ1v) is 10.0. The van der Waals surface area contributed by atoms with E-state index in [2.05, 4.69) is 10.2 Å². The van der Waals surface area contributed by atoms with E-state index in [9.17, 15) is 9.59 Å². The average molecular weight is 357 g/mol. The van der Waals surface area contributed by atoms with Gasteiger partial charge in [0.25, 0.3) is 0 Å². The van der Waals surface area contributed by atoms with Crippen LogP contribution in [-0.2, 0) is 16.1 Å². The molecule has 1 aromatic carbocycles. The van der Waals surface area contributed by atoms with Crippen molar-refractivity contribution in [1.82, 2.24) is 15.1 Å². The molecule has 0 atom stereocenters. The van der Waals surface area contributed by atoms with Crippen LogP contribution in [0.4, 0.5) is 0 Å². The Bertz CT molecular complexity index is 574. The third-order valence-corrected chi connectivity index (χ3v) is 5.59. The maximum atomic E-state index is 12.5. The molecule has 3 rings (SSSR count). The van der Waals surface area contributed by atoms with E-state index in [4.69, 9.17) is 0 Å². The van der Waals surface area contributed by atoms with Crippen molar-refractivity contribution in [3.05, 3.63) is 35.9 Å². The van der Waals surface area contributed by atoms with Gasteiger partial charge in [0.1, 0.15) is 0 Å². The highest BCUT2D eigenvalue weighted by molar-refractivity contribution is 5.79. The number of piperidine rings is 1. The van der Waals surface area contributed by atoms with Gasteiger partial charge in [0.15, 0.2) is 0 Å². The molecule has 2 saturated heterocycles. The van der Waals surface area contributed by atoms with Crippen LogP contribution in [0.1, 0.15) is 44.1 Å². The molecule has 0 saturated carbocycles. The van der Waals surface area contributed by atoms with Gasteiger partial charge in [-0.3, -0.25) is 14.5 Å². The van der Waals surface area contributed by atoms with E-state index in [-0.39, 0.29) is 17.7 Å². The van der Waals surface area contributed by atoms with Gasteiger partial charge in [0.2, 0.25) is 11.8 Å². The molecule has 1 N–H and O–H groups in total. The van der Waals surface area contributed by atoms with E-state index in [1.165, 1.54) is 12.8 Å². The van der Waals surface area contributed by atoms with Crippen LogP contribution in [0, 0.1) is 5.92 Å². The summed E-state index contributed by atoms with van der Waals surface area (Å²) >= 11 is 0. The first-order valence-electron chi connectivity index (χ1n) is 10.0. The Morgan fingerprint density at radius 3 is 2.23 bits per heavy atom. The van der Waals surface area contributed by atoms with Gasteiger partial charge in [0, 0.05) is 25.6 Å². The zero-order valence-corrected chi connectivity index (χ0v) is 15.7. The van der Waals surface area contributed by atoms with Crippen molar-refractivity contribution in [3.8, 4) is 0 Å². The van der Waals surface area contributed by atoms with Crippen LogP contribution in [0.3, 0.4) is 0 Å². The molecule has 0 bridgehead atoms. The second kappa shape index (κ2) is 9.72. The number of rotatable bonds is 5. The Morgan fingerprint density at radius 2 is 1.58 bits per heavy atom. The van der Waals surface area contributed by atoms with Crippen molar-refractivity contribution in [3.63, 3.8) is 0 Å². The van der Waals surface area contributed by atoms with Gasteiger partial charge in [-0.1, -0.05) is 43.2 Å². The molecular weight excluding hydrogens is 326 g/mol. The zero-order chi connectivity index (χ0) is 18.2. The Balaban J connectivity index is 1.38. The molecule has 142 valence electrons. The largest absolute Gasteiger partial charge is 0.352 e. The minimum absolute atomic E-state index is 0.0725.